The van der Waals surface area contributed by atoms with Crippen molar-refractivity contribution in [3.05, 3.63) is 28.7 Å². The molecule has 0 aromatic heterocycles. The molecule has 0 radical (unpaired) electrons. The van der Waals surface area contributed by atoms with Crippen molar-refractivity contribution in [3.8, 4) is 0 Å². The van der Waals surface area contributed by atoms with Crippen molar-refractivity contribution in [2.45, 2.75) is 44.2 Å². The van der Waals surface area contributed by atoms with Crippen LogP contribution in [0.4, 0.5) is 5.69 Å². The van der Waals surface area contributed by atoms with E-state index in [1.165, 1.54) is 25.7 Å². The van der Waals surface area contributed by atoms with Crippen LogP contribution in [0.1, 0.15) is 32.1 Å². The number of halogens is 2. The Balaban J connectivity index is 0.00000208. The molecule has 3 unspecified atom stereocenters. The number of benzene rings is 1. The van der Waals surface area contributed by atoms with Gasteiger partial charge in [-0.1, -0.05) is 28.8 Å². The molecule has 2 aliphatic rings. The van der Waals surface area contributed by atoms with Gasteiger partial charge in [-0.2, -0.15) is 0 Å². The summed E-state index contributed by atoms with van der Waals surface area (Å²) in [4.78, 5) is 24.1. The molecule has 0 bridgehead atoms. The van der Waals surface area contributed by atoms with E-state index in [9.17, 15) is 9.59 Å². The first kappa shape index (κ1) is 19.2. The second-order valence-corrected chi connectivity index (χ2v) is 7.29. The van der Waals surface area contributed by atoms with Gasteiger partial charge in [0.2, 0.25) is 11.8 Å². The largest absolute Gasteiger partial charge is 0.346 e. The fourth-order valence-corrected chi connectivity index (χ4v) is 3.81. The molecule has 3 rings (SSSR count). The monoisotopic (exact) mass is 415 g/mol. The zero-order valence-electron chi connectivity index (χ0n) is 13.4. The van der Waals surface area contributed by atoms with Crippen LogP contribution in [0.25, 0.3) is 0 Å². The van der Waals surface area contributed by atoms with Crippen molar-refractivity contribution in [3.63, 3.8) is 0 Å². The lowest BCUT2D eigenvalue weighted by Gasteiger charge is -2.24. The van der Waals surface area contributed by atoms with Crippen molar-refractivity contribution < 1.29 is 9.59 Å². The van der Waals surface area contributed by atoms with Crippen molar-refractivity contribution in [2.75, 3.05) is 11.9 Å². The number of carbonyl (C=O) groups excluding carboxylic acids is 2. The quantitative estimate of drug-likeness (QED) is 0.707. The summed E-state index contributed by atoms with van der Waals surface area (Å²) in [6.45, 7) is 0.00239. The van der Waals surface area contributed by atoms with Gasteiger partial charge >= 0.3 is 0 Å². The van der Waals surface area contributed by atoms with Gasteiger partial charge in [0.25, 0.3) is 0 Å². The first-order valence-corrected chi connectivity index (χ1v) is 9.00. The fraction of sp³-hybridized carbons (Fsp3) is 0.529. The molecule has 24 heavy (non-hydrogen) atoms. The van der Waals surface area contributed by atoms with Crippen molar-refractivity contribution >= 4 is 45.8 Å². The predicted octanol–water partition coefficient (Wildman–Crippen LogP) is 2.85. The Bertz CT molecular complexity index is 568. The molecule has 0 spiro atoms. The lowest BCUT2D eigenvalue weighted by Crippen LogP contribution is -2.45. The first-order valence-electron chi connectivity index (χ1n) is 8.21. The molecule has 1 saturated heterocycles. The summed E-state index contributed by atoms with van der Waals surface area (Å²) in [6.07, 6.45) is 5.79. The van der Waals surface area contributed by atoms with E-state index in [1.54, 1.807) is 0 Å². The first-order chi connectivity index (χ1) is 11.1. The molecule has 2 amide bonds. The molecule has 1 heterocycles. The van der Waals surface area contributed by atoms with Gasteiger partial charge in [0.15, 0.2) is 0 Å². The van der Waals surface area contributed by atoms with E-state index in [2.05, 4.69) is 31.9 Å². The zero-order valence-corrected chi connectivity index (χ0v) is 15.8. The Hall–Kier alpha value is -1.11. The van der Waals surface area contributed by atoms with Crippen LogP contribution in [0, 0.1) is 5.92 Å². The highest BCUT2D eigenvalue weighted by atomic mass is 79.9. The number of carbonyl (C=O) groups is 2. The molecule has 132 valence electrons. The average molecular weight is 417 g/mol. The van der Waals surface area contributed by atoms with E-state index < -0.39 is 0 Å². The summed E-state index contributed by atoms with van der Waals surface area (Å²) in [5, 5.41) is 8.94. The molecule has 3 atom stereocenters. The van der Waals surface area contributed by atoms with Crippen molar-refractivity contribution in [1.29, 1.82) is 0 Å². The smallest absolute Gasteiger partial charge is 0.243 e. The Morgan fingerprint density at radius 1 is 1.17 bits per heavy atom. The highest BCUT2D eigenvalue weighted by molar-refractivity contribution is 9.10. The Kier molecular flexibility index (Phi) is 7.07. The molecule has 5 nitrogen and oxygen atoms in total. The van der Waals surface area contributed by atoms with E-state index in [0.29, 0.717) is 12.0 Å². The van der Waals surface area contributed by atoms with Crippen LogP contribution < -0.4 is 16.0 Å². The number of hydrogen-bond acceptors (Lipinski definition) is 3. The minimum absolute atomic E-state index is 0. The Labute approximate surface area is 156 Å². The van der Waals surface area contributed by atoms with Gasteiger partial charge < -0.3 is 16.0 Å². The highest BCUT2D eigenvalue weighted by Gasteiger charge is 2.38. The predicted molar refractivity (Wildman–Crippen MR) is 100 cm³/mol. The molecule has 1 aromatic carbocycles. The van der Waals surface area contributed by atoms with Crippen LogP contribution in [0.2, 0.25) is 0 Å². The van der Waals surface area contributed by atoms with E-state index >= 15 is 0 Å². The topological polar surface area (TPSA) is 70.2 Å². The van der Waals surface area contributed by atoms with E-state index in [-0.39, 0.29) is 36.8 Å². The minimum atomic E-state index is -0.212. The van der Waals surface area contributed by atoms with Gasteiger partial charge in [-0.15, -0.1) is 12.4 Å². The normalized spacial score (nSPS) is 25.3. The van der Waals surface area contributed by atoms with Gasteiger partial charge in [0, 0.05) is 16.2 Å². The number of hydrogen-bond donors (Lipinski definition) is 3. The molecule has 2 fully saturated rings. The highest BCUT2D eigenvalue weighted by Crippen LogP contribution is 2.33. The summed E-state index contributed by atoms with van der Waals surface area (Å²) in [5.74, 6) is 0.345. The number of amides is 2. The average Bonchev–Trinajstić information content (AvgIpc) is 2.99. The van der Waals surface area contributed by atoms with E-state index in [4.69, 9.17) is 0 Å². The Morgan fingerprint density at radius 2 is 1.88 bits per heavy atom. The molecule has 1 saturated carbocycles. The number of nitrogens with one attached hydrogen (secondary N) is 3. The van der Waals surface area contributed by atoms with Crippen molar-refractivity contribution in [2.24, 2.45) is 5.92 Å². The molecule has 1 aromatic rings. The summed E-state index contributed by atoms with van der Waals surface area (Å²) in [5.41, 5.74) is 0.720. The van der Waals surface area contributed by atoms with Crippen LogP contribution >= 0.6 is 28.3 Å². The van der Waals surface area contributed by atoms with Gasteiger partial charge in [-0.25, -0.2) is 0 Å². The van der Waals surface area contributed by atoms with E-state index in [1.807, 2.05) is 24.3 Å². The summed E-state index contributed by atoms with van der Waals surface area (Å²) < 4.78 is 0.956. The minimum Gasteiger partial charge on any atom is -0.346 e. The van der Waals surface area contributed by atoms with Crippen molar-refractivity contribution in [1.82, 2.24) is 10.6 Å². The van der Waals surface area contributed by atoms with Crippen LogP contribution in [0.3, 0.4) is 0 Å². The standard InChI is InChI=1S/C17H22BrN3O2.ClH/c18-12-5-7-13(8-6-12)20-16(22)10-19-17(23)15-9-11-3-1-2-4-14(11)21-15;/h5-8,11,14-15,21H,1-4,9-10H2,(H,19,23)(H,20,22);1H. The lowest BCUT2D eigenvalue weighted by molar-refractivity contribution is -0.125. The van der Waals surface area contributed by atoms with Gasteiger partial charge in [-0.3, -0.25) is 9.59 Å². The summed E-state index contributed by atoms with van der Waals surface area (Å²) >= 11 is 3.35. The summed E-state index contributed by atoms with van der Waals surface area (Å²) in [6, 6.07) is 7.68. The molecular weight excluding hydrogens is 394 g/mol. The molecule has 1 aliphatic carbocycles. The van der Waals surface area contributed by atoms with Crippen LogP contribution in [0.5, 0.6) is 0 Å². The van der Waals surface area contributed by atoms with Crippen LogP contribution in [0.15, 0.2) is 28.7 Å². The van der Waals surface area contributed by atoms with Crippen LogP contribution in [-0.2, 0) is 9.59 Å². The SMILES string of the molecule is Cl.O=C(CNC(=O)C1CC2CCCCC2N1)Nc1ccc(Br)cc1. The maximum absolute atomic E-state index is 12.2. The van der Waals surface area contributed by atoms with Crippen LogP contribution in [-0.4, -0.2) is 30.4 Å². The summed E-state index contributed by atoms with van der Waals surface area (Å²) in [7, 11) is 0. The lowest BCUT2D eigenvalue weighted by atomic mass is 9.85. The zero-order chi connectivity index (χ0) is 16.2. The third kappa shape index (κ3) is 4.94. The maximum atomic E-state index is 12.2. The second-order valence-electron chi connectivity index (χ2n) is 6.38. The third-order valence-electron chi connectivity index (χ3n) is 4.73. The number of anilines is 1. The van der Waals surface area contributed by atoms with Gasteiger partial charge in [0.05, 0.1) is 12.6 Å². The van der Waals surface area contributed by atoms with Gasteiger partial charge in [0.1, 0.15) is 0 Å². The van der Waals surface area contributed by atoms with E-state index in [0.717, 1.165) is 16.6 Å². The molecule has 3 N–H and O–H groups in total. The maximum Gasteiger partial charge on any atom is 0.243 e. The third-order valence-corrected chi connectivity index (χ3v) is 5.26. The Morgan fingerprint density at radius 3 is 2.58 bits per heavy atom. The number of rotatable bonds is 4. The molecular formula is C17H23BrClN3O2. The van der Waals surface area contributed by atoms with Gasteiger partial charge in [-0.05, 0) is 49.4 Å². The number of fused-ring (bicyclic) bond motifs is 1. The molecule has 7 heteroatoms. The molecule has 1 aliphatic heterocycles. The fourth-order valence-electron chi connectivity index (χ4n) is 3.55. The second kappa shape index (κ2) is 8.83.